The SMILES string of the molecule is C=C(/C=[C](\C=NC)[Sn]([CH2]CCC)([CH2]CCC)[CH2]CCC)CC. The molecule has 0 heterocycles. The molecular formula is C20H39NSn. The van der Waals surface area contributed by atoms with Crippen molar-refractivity contribution in [2.75, 3.05) is 7.05 Å². The van der Waals surface area contributed by atoms with Crippen LogP contribution >= 0.6 is 0 Å². The van der Waals surface area contributed by atoms with Crippen LogP contribution in [-0.4, -0.2) is 31.6 Å². The molecule has 0 fully saturated rings. The Morgan fingerprint density at radius 1 is 0.909 bits per heavy atom. The molecule has 0 amide bonds. The zero-order chi connectivity index (χ0) is 16.8. The molecule has 2 heteroatoms. The molecule has 0 aliphatic heterocycles. The Labute approximate surface area is 144 Å². The molecule has 0 aromatic rings. The van der Waals surface area contributed by atoms with Gasteiger partial charge in [-0.2, -0.15) is 0 Å². The number of nitrogens with zero attached hydrogens (tertiary/aromatic N) is 1. The van der Waals surface area contributed by atoms with Crippen molar-refractivity contribution in [3.05, 3.63) is 21.8 Å². The van der Waals surface area contributed by atoms with Gasteiger partial charge in [-0.3, -0.25) is 0 Å². The van der Waals surface area contributed by atoms with E-state index in [1.54, 1.807) is 3.59 Å². The molecule has 0 unspecified atom stereocenters. The number of rotatable bonds is 13. The van der Waals surface area contributed by atoms with Crippen LogP contribution in [0.5, 0.6) is 0 Å². The number of hydrogen-bond donors (Lipinski definition) is 0. The number of allylic oxidation sites excluding steroid dienone is 3. The quantitative estimate of drug-likeness (QED) is 0.176. The fourth-order valence-electron chi connectivity index (χ4n) is 3.14. The van der Waals surface area contributed by atoms with Gasteiger partial charge in [-0.15, -0.1) is 0 Å². The Bertz CT molecular complexity index is 333. The van der Waals surface area contributed by atoms with Gasteiger partial charge in [0.1, 0.15) is 0 Å². The van der Waals surface area contributed by atoms with Gasteiger partial charge in [0, 0.05) is 0 Å². The Morgan fingerprint density at radius 3 is 1.68 bits per heavy atom. The van der Waals surface area contributed by atoms with Crippen LogP contribution in [0, 0.1) is 0 Å². The molecule has 0 saturated heterocycles. The average Bonchev–Trinajstić information content (AvgIpc) is 2.54. The van der Waals surface area contributed by atoms with Crippen LogP contribution in [0.15, 0.2) is 26.8 Å². The maximum absolute atomic E-state index is 4.43. The van der Waals surface area contributed by atoms with Crippen molar-refractivity contribution in [3.8, 4) is 0 Å². The zero-order valence-electron chi connectivity index (χ0n) is 15.9. The predicted molar refractivity (Wildman–Crippen MR) is 107 cm³/mol. The van der Waals surface area contributed by atoms with E-state index in [-0.39, 0.29) is 0 Å². The fraction of sp³-hybridized carbons (Fsp3) is 0.750. The van der Waals surface area contributed by atoms with E-state index < -0.39 is 18.4 Å². The van der Waals surface area contributed by atoms with Crippen LogP contribution in [-0.2, 0) is 0 Å². The molecule has 0 aliphatic carbocycles. The van der Waals surface area contributed by atoms with Gasteiger partial charge in [0.25, 0.3) is 0 Å². The van der Waals surface area contributed by atoms with Gasteiger partial charge < -0.3 is 0 Å². The minimum absolute atomic E-state index is 1.05. The minimum atomic E-state index is -2.33. The van der Waals surface area contributed by atoms with E-state index in [0.29, 0.717) is 0 Å². The first-order chi connectivity index (χ1) is 10.6. The van der Waals surface area contributed by atoms with Gasteiger partial charge in [0.15, 0.2) is 0 Å². The van der Waals surface area contributed by atoms with Gasteiger partial charge in [0.05, 0.1) is 0 Å². The van der Waals surface area contributed by atoms with Gasteiger partial charge in [-0.1, -0.05) is 0 Å². The van der Waals surface area contributed by atoms with Crippen LogP contribution in [0.25, 0.3) is 0 Å². The third-order valence-electron chi connectivity index (χ3n) is 4.72. The molecule has 0 aromatic heterocycles. The van der Waals surface area contributed by atoms with E-state index in [1.807, 2.05) is 7.05 Å². The summed E-state index contributed by atoms with van der Waals surface area (Å²) in [5.41, 5.74) is 1.28. The molecule has 1 nitrogen and oxygen atoms in total. The van der Waals surface area contributed by atoms with E-state index in [0.717, 1.165) is 6.42 Å². The molecule has 0 atom stereocenters. The second-order valence-electron chi connectivity index (χ2n) is 6.59. The van der Waals surface area contributed by atoms with Crippen LogP contribution in [0.3, 0.4) is 0 Å². The molecule has 0 saturated carbocycles. The molecule has 0 aliphatic rings. The van der Waals surface area contributed by atoms with Gasteiger partial charge in [0.2, 0.25) is 0 Å². The molecule has 0 N–H and O–H groups in total. The summed E-state index contributed by atoms with van der Waals surface area (Å²) in [5.74, 6) is 0. The van der Waals surface area contributed by atoms with E-state index in [2.05, 4.69) is 51.6 Å². The zero-order valence-corrected chi connectivity index (χ0v) is 18.7. The summed E-state index contributed by atoms with van der Waals surface area (Å²) in [6.45, 7) is 13.4. The number of hydrogen-bond acceptors (Lipinski definition) is 1. The van der Waals surface area contributed by atoms with Crippen LogP contribution in [0.4, 0.5) is 0 Å². The second-order valence-corrected chi connectivity index (χ2v) is 19.8. The van der Waals surface area contributed by atoms with Gasteiger partial charge >= 0.3 is 144 Å². The summed E-state index contributed by atoms with van der Waals surface area (Å²) in [6.07, 6.45) is 13.8. The van der Waals surface area contributed by atoms with E-state index >= 15 is 0 Å². The van der Waals surface area contributed by atoms with Crippen molar-refractivity contribution in [2.45, 2.75) is 86.0 Å². The van der Waals surface area contributed by atoms with Crippen molar-refractivity contribution >= 4 is 24.6 Å². The Hall–Kier alpha value is -0.0513. The summed E-state index contributed by atoms with van der Waals surface area (Å²) < 4.78 is 6.14. The first-order valence-corrected chi connectivity index (χ1v) is 16.9. The Morgan fingerprint density at radius 2 is 1.36 bits per heavy atom. The van der Waals surface area contributed by atoms with E-state index in [9.17, 15) is 0 Å². The van der Waals surface area contributed by atoms with Crippen molar-refractivity contribution < 1.29 is 0 Å². The topological polar surface area (TPSA) is 12.4 Å². The first kappa shape index (κ1) is 21.9. The molecule has 128 valence electrons. The maximum atomic E-state index is 4.43. The van der Waals surface area contributed by atoms with E-state index in [4.69, 9.17) is 0 Å². The number of unbranched alkanes of at least 4 members (excludes halogenated alkanes) is 3. The summed E-state index contributed by atoms with van der Waals surface area (Å²) in [5, 5.41) is 0. The molecule has 0 bridgehead atoms. The van der Waals surface area contributed by atoms with Crippen LogP contribution < -0.4 is 0 Å². The summed E-state index contributed by atoms with van der Waals surface area (Å²) in [4.78, 5) is 4.43. The molecule has 0 rings (SSSR count). The summed E-state index contributed by atoms with van der Waals surface area (Å²) in [7, 11) is 1.93. The van der Waals surface area contributed by atoms with Crippen LogP contribution in [0.1, 0.15) is 72.6 Å². The van der Waals surface area contributed by atoms with Crippen molar-refractivity contribution in [3.63, 3.8) is 0 Å². The summed E-state index contributed by atoms with van der Waals surface area (Å²) in [6, 6.07) is 0. The monoisotopic (exact) mass is 413 g/mol. The molecule has 0 aromatic carbocycles. The molecular weight excluding hydrogens is 373 g/mol. The Kier molecular flexibility index (Phi) is 13.4. The number of aliphatic imine (C=N–C) groups is 1. The summed E-state index contributed by atoms with van der Waals surface area (Å²) >= 11 is -2.33. The van der Waals surface area contributed by atoms with Gasteiger partial charge in [-0.25, -0.2) is 0 Å². The first-order valence-electron chi connectivity index (χ1n) is 9.42. The van der Waals surface area contributed by atoms with Crippen LogP contribution in [0.2, 0.25) is 13.3 Å². The predicted octanol–water partition coefficient (Wildman–Crippen LogP) is 6.97. The average molecular weight is 412 g/mol. The third-order valence-corrected chi connectivity index (χ3v) is 20.2. The molecule has 22 heavy (non-hydrogen) atoms. The normalized spacial score (nSPS) is 13.0. The van der Waals surface area contributed by atoms with Crippen molar-refractivity contribution in [1.29, 1.82) is 0 Å². The molecule has 0 radical (unpaired) electrons. The third kappa shape index (κ3) is 7.99. The second kappa shape index (κ2) is 13.4. The van der Waals surface area contributed by atoms with Crippen molar-refractivity contribution in [2.24, 2.45) is 4.99 Å². The van der Waals surface area contributed by atoms with E-state index in [1.165, 1.54) is 57.4 Å². The van der Waals surface area contributed by atoms with Gasteiger partial charge in [-0.05, 0) is 0 Å². The Balaban J connectivity index is 5.65. The molecule has 0 spiro atoms. The van der Waals surface area contributed by atoms with Crippen molar-refractivity contribution in [1.82, 2.24) is 0 Å². The fourth-order valence-corrected chi connectivity index (χ4v) is 19.2. The standard InChI is InChI=1S/C8H12N.3C4H9.Sn/c1-4-8(2)6-5-7-9-3;3*1-3-4-2;/h6-7H,2,4H2,1,3H3;3*1,3-4H2,2H3;.